The molecule has 1 aliphatic heterocycles. The summed E-state index contributed by atoms with van der Waals surface area (Å²) in [5.41, 5.74) is -1.20. The molecule has 0 amide bonds. The highest BCUT2D eigenvalue weighted by Crippen LogP contribution is 2.65. The molecule has 4 atom stereocenters. The SMILES string of the molecule is CCC12C(=O)OC(=O)C1(C)C1C=CC2CC1. The first-order valence-corrected chi connectivity index (χ1v) is 6.02. The van der Waals surface area contributed by atoms with Crippen LogP contribution >= 0.6 is 0 Å². The van der Waals surface area contributed by atoms with Gasteiger partial charge in [-0.05, 0) is 38.0 Å². The molecule has 1 saturated heterocycles. The Bertz CT molecular complexity index is 411. The van der Waals surface area contributed by atoms with Crippen molar-refractivity contribution in [2.45, 2.75) is 33.1 Å². The Kier molecular flexibility index (Phi) is 1.74. The molecule has 0 N–H and O–H groups in total. The number of ether oxygens (including phenoxy) is 1. The number of carbonyl (C=O) groups excluding carboxylic acids is 2. The minimum Gasteiger partial charge on any atom is -0.392 e. The molecule has 4 unspecified atom stereocenters. The van der Waals surface area contributed by atoms with Gasteiger partial charge in [0.05, 0.1) is 10.8 Å². The third-order valence-electron chi connectivity index (χ3n) is 5.20. The summed E-state index contributed by atoms with van der Waals surface area (Å²) in [6.45, 7) is 3.91. The van der Waals surface area contributed by atoms with Crippen LogP contribution in [0.5, 0.6) is 0 Å². The molecular formula is C13H16O3. The summed E-state index contributed by atoms with van der Waals surface area (Å²) in [5, 5.41) is 0. The predicted octanol–water partition coefficient (Wildman–Crippen LogP) is 2.07. The lowest BCUT2D eigenvalue weighted by Gasteiger charge is -2.52. The van der Waals surface area contributed by atoms with Crippen molar-refractivity contribution >= 4 is 11.9 Å². The Morgan fingerprint density at radius 1 is 1.25 bits per heavy atom. The topological polar surface area (TPSA) is 43.4 Å². The zero-order chi connectivity index (χ0) is 11.6. The quantitative estimate of drug-likeness (QED) is 0.386. The zero-order valence-electron chi connectivity index (χ0n) is 9.66. The van der Waals surface area contributed by atoms with Crippen molar-refractivity contribution in [1.82, 2.24) is 0 Å². The summed E-state index contributed by atoms with van der Waals surface area (Å²) in [6.07, 6.45) is 6.94. The fourth-order valence-electron chi connectivity index (χ4n) is 4.18. The Morgan fingerprint density at radius 2 is 1.88 bits per heavy atom. The van der Waals surface area contributed by atoms with E-state index < -0.39 is 10.8 Å². The molecule has 3 heteroatoms. The van der Waals surface area contributed by atoms with Gasteiger partial charge in [0.2, 0.25) is 0 Å². The van der Waals surface area contributed by atoms with Gasteiger partial charge in [0.15, 0.2) is 0 Å². The van der Waals surface area contributed by atoms with Crippen LogP contribution in [0.3, 0.4) is 0 Å². The molecule has 3 nitrogen and oxygen atoms in total. The maximum atomic E-state index is 12.1. The van der Waals surface area contributed by atoms with E-state index in [1.165, 1.54) is 0 Å². The van der Waals surface area contributed by atoms with Crippen molar-refractivity contribution < 1.29 is 14.3 Å². The number of esters is 2. The van der Waals surface area contributed by atoms with E-state index in [0.29, 0.717) is 6.42 Å². The molecule has 0 aromatic carbocycles. The maximum Gasteiger partial charge on any atom is 0.321 e. The normalized spacial score (nSPS) is 49.4. The van der Waals surface area contributed by atoms with Gasteiger partial charge in [0, 0.05) is 0 Å². The summed E-state index contributed by atoms with van der Waals surface area (Å²) in [6, 6.07) is 0. The van der Waals surface area contributed by atoms with Crippen molar-refractivity contribution in [3.63, 3.8) is 0 Å². The minimum atomic E-state index is -0.615. The number of hydrogen-bond acceptors (Lipinski definition) is 3. The van der Waals surface area contributed by atoms with Gasteiger partial charge in [-0.1, -0.05) is 19.1 Å². The van der Waals surface area contributed by atoms with Crippen LogP contribution in [0.15, 0.2) is 12.2 Å². The fraction of sp³-hybridized carbons (Fsp3) is 0.692. The first-order chi connectivity index (χ1) is 7.57. The lowest BCUT2D eigenvalue weighted by Crippen LogP contribution is -2.56. The van der Waals surface area contributed by atoms with Crippen molar-refractivity contribution in [3.05, 3.63) is 12.2 Å². The number of hydrogen-bond donors (Lipinski definition) is 0. The smallest absolute Gasteiger partial charge is 0.321 e. The predicted molar refractivity (Wildman–Crippen MR) is 57.3 cm³/mol. The second-order valence-electron chi connectivity index (χ2n) is 5.38. The molecular weight excluding hydrogens is 204 g/mol. The maximum absolute atomic E-state index is 12.1. The molecule has 3 aliphatic carbocycles. The van der Waals surface area contributed by atoms with E-state index in [9.17, 15) is 9.59 Å². The molecule has 2 fully saturated rings. The standard InChI is InChI=1S/C13H16O3/c1-3-13-9-6-4-8(5-7-9)12(13,2)10(14)16-11(13)15/h4,6,8-9H,3,5,7H2,1-2H3. The Balaban J connectivity index is 2.26. The van der Waals surface area contributed by atoms with Crippen molar-refractivity contribution in [2.24, 2.45) is 22.7 Å². The Hall–Kier alpha value is -1.12. The number of rotatable bonds is 1. The summed E-state index contributed by atoms with van der Waals surface area (Å²) < 4.78 is 4.97. The highest BCUT2D eigenvalue weighted by molar-refractivity contribution is 6.02. The lowest BCUT2D eigenvalue weighted by atomic mass is 9.46. The first-order valence-electron chi connectivity index (χ1n) is 6.02. The molecule has 4 aliphatic rings. The highest BCUT2D eigenvalue weighted by Gasteiger charge is 2.72. The molecule has 16 heavy (non-hydrogen) atoms. The Labute approximate surface area is 94.8 Å². The molecule has 1 heterocycles. The summed E-state index contributed by atoms with van der Waals surface area (Å²) in [5.74, 6) is -0.234. The molecule has 0 radical (unpaired) electrons. The third kappa shape index (κ3) is 0.761. The van der Waals surface area contributed by atoms with Crippen LogP contribution in [0.4, 0.5) is 0 Å². The van der Waals surface area contributed by atoms with Gasteiger partial charge in [-0.3, -0.25) is 9.59 Å². The number of fused-ring (bicyclic) bond motifs is 1. The van der Waals surface area contributed by atoms with E-state index in [-0.39, 0.29) is 23.8 Å². The van der Waals surface area contributed by atoms with Crippen LogP contribution in [0, 0.1) is 22.7 Å². The van der Waals surface area contributed by atoms with E-state index in [1.54, 1.807) is 0 Å². The van der Waals surface area contributed by atoms with Crippen molar-refractivity contribution in [1.29, 1.82) is 0 Å². The summed E-state index contributed by atoms with van der Waals surface area (Å²) in [7, 11) is 0. The van der Waals surface area contributed by atoms with Crippen LogP contribution in [0.1, 0.15) is 33.1 Å². The average molecular weight is 220 g/mol. The van der Waals surface area contributed by atoms with E-state index in [4.69, 9.17) is 4.74 Å². The number of allylic oxidation sites excluding steroid dienone is 2. The third-order valence-corrected chi connectivity index (χ3v) is 5.20. The van der Waals surface area contributed by atoms with Crippen LogP contribution in [-0.4, -0.2) is 11.9 Å². The van der Waals surface area contributed by atoms with Gasteiger partial charge in [-0.15, -0.1) is 0 Å². The van der Waals surface area contributed by atoms with Gasteiger partial charge in [0.25, 0.3) is 0 Å². The molecule has 86 valence electrons. The molecule has 0 aromatic heterocycles. The second-order valence-corrected chi connectivity index (χ2v) is 5.38. The molecule has 1 saturated carbocycles. The number of carbonyl (C=O) groups is 2. The first kappa shape index (κ1) is 10.1. The van der Waals surface area contributed by atoms with Gasteiger partial charge in [0.1, 0.15) is 0 Å². The largest absolute Gasteiger partial charge is 0.392 e. The molecule has 0 aromatic rings. The van der Waals surface area contributed by atoms with Crippen LogP contribution in [0.25, 0.3) is 0 Å². The van der Waals surface area contributed by atoms with Gasteiger partial charge < -0.3 is 4.74 Å². The lowest BCUT2D eigenvalue weighted by molar-refractivity contribution is -0.156. The fourth-order valence-corrected chi connectivity index (χ4v) is 4.18. The van der Waals surface area contributed by atoms with Crippen LogP contribution in [0.2, 0.25) is 0 Å². The molecule has 2 bridgehead atoms. The Morgan fingerprint density at radius 3 is 2.38 bits per heavy atom. The summed E-state index contributed by atoms with van der Waals surface area (Å²) in [4.78, 5) is 24.1. The number of cyclic esters (lactones) is 2. The molecule has 4 rings (SSSR count). The summed E-state index contributed by atoms with van der Waals surface area (Å²) >= 11 is 0. The van der Waals surface area contributed by atoms with E-state index in [2.05, 4.69) is 12.2 Å². The zero-order valence-corrected chi connectivity index (χ0v) is 9.66. The van der Waals surface area contributed by atoms with Gasteiger partial charge in [-0.2, -0.15) is 0 Å². The highest BCUT2D eigenvalue weighted by atomic mass is 16.6. The second kappa shape index (κ2) is 2.76. The molecule has 0 spiro atoms. The van der Waals surface area contributed by atoms with Crippen LogP contribution < -0.4 is 0 Å². The van der Waals surface area contributed by atoms with E-state index in [0.717, 1.165) is 12.8 Å². The monoisotopic (exact) mass is 220 g/mol. The average Bonchev–Trinajstić information content (AvgIpc) is 2.51. The van der Waals surface area contributed by atoms with E-state index in [1.807, 2.05) is 13.8 Å². The minimum absolute atomic E-state index is 0.177. The van der Waals surface area contributed by atoms with Gasteiger partial charge in [-0.25, -0.2) is 0 Å². The van der Waals surface area contributed by atoms with Gasteiger partial charge >= 0.3 is 11.9 Å². The van der Waals surface area contributed by atoms with Crippen molar-refractivity contribution in [3.8, 4) is 0 Å². The van der Waals surface area contributed by atoms with Crippen LogP contribution in [-0.2, 0) is 14.3 Å². The van der Waals surface area contributed by atoms with Crippen molar-refractivity contribution in [2.75, 3.05) is 0 Å². The van der Waals surface area contributed by atoms with E-state index >= 15 is 0 Å².